The molecule has 3 aromatic rings. The molecular weight excluding hydrogens is 376 g/mol. The Morgan fingerprint density at radius 2 is 1.86 bits per heavy atom. The molecule has 2 heterocycles. The van der Waals surface area contributed by atoms with Gasteiger partial charge in [-0.2, -0.15) is 5.10 Å². The molecule has 0 aliphatic heterocycles. The molecule has 1 unspecified atom stereocenters. The van der Waals surface area contributed by atoms with Crippen LogP contribution in [0, 0.1) is 13.8 Å². The number of hydrogen-bond donors (Lipinski definition) is 1. The van der Waals surface area contributed by atoms with E-state index in [0.717, 1.165) is 34.2 Å². The number of carbonyl (C=O) groups is 1. The van der Waals surface area contributed by atoms with Crippen LogP contribution in [0.15, 0.2) is 29.4 Å². The van der Waals surface area contributed by atoms with Crippen molar-refractivity contribution in [2.24, 2.45) is 14.1 Å². The lowest BCUT2D eigenvalue weighted by Crippen LogP contribution is -2.23. The van der Waals surface area contributed by atoms with E-state index >= 15 is 0 Å². The molecule has 9 heteroatoms. The summed E-state index contributed by atoms with van der Waals surface area (Å²) in [5, 5.41) is 16.2. The van der Waals surface area contributed by atoms with Gasteiger partial charge in [-0.3, -0.25) is 9.48 Å². The van der Waals surface area contributed by atoms with Crippen LogP contribution in [-0.2, 0) is 18.9 Å². The number of hydrogen-bond acceptors (Lipinski definition) is 6. The molecule has 1 N–H and O–H groups in total. The first-order valence-corrected chi connectivity index (χ1v) is 9.71. The number of nitrogens with zero attached hydrogens (tertiary/aromatic N) is 5. The average molecular weight is 401 g/mol. The molecule has 0 bridgehead atoms. The average Bonchev–Trinajstić information content (AvgIpc) is 3.16. The summed E-state index contributed by atoms with van der Waals surface area (Å²) in [7, 11) is 5.38. The molecule has 1 amide bonds. The summed E-state index contributed by atoms with van der Waals surface area (Å²) in [4.78, 5) is 12.6. The summed E-state index contributed by atoms with van der Waals surface area (Å²) >= 11 is 1.36. The third-order valence-electron chi connectivity index (χ3n) is 4.59. The van der Waals surface area contributed by atoms with Crippen molar-refractivity contribution in [3.05, 3.63) is 35.7 Å². The molecular formula is C19H24N6O2S. The van der Waals surface area contributed by atoms with Crippen molar-refractivity contribution in [1.82, 2.24) is 24.5 Å². The lowest BCUT2D eigenvalue weighted by molar-refractivity contribution is -0.115. The van der Waals surface area contributed by atoms with Crippen molar-refractivity contribution in [2.45, 2.75) is 31.2 Å². The van der Waals surface area contributed by atoms with Crippen LogP contribution in [0.5, 0.6) is 5.75 Å². The minimum atomic E-state index is -0.342. The molecule has 2 aromatic heterocycles. The number of methoxy groups -OCH3 is 1. The van der Waals surface area contributed by atoms with Gasteiger partial charge < -0.3 is 14.6 Å². The number of benzene rings is 1. The number of nitrogens with one attached hydrogen (secondary N) is 1. The number of carbonyl (C=O) groups excluding carboxylic acids is 1. The first kappa shape index (κ1) is 19.9. The van der Waals surface area contributed by atoms with E-state index < -0.39 is 0 Å². The zero-order valence-corrected chi connectivity index (χ0v) is 17.7. The lowest BCUT2D eigenvalue weighted by Gasteiger charge is -2.12. The van der Waals surface area contributed by atoms with Crippen LogP contribution in [-0.4, -0.2) is 42.8 Å². The third-order valence-corrected chi connectivity index (χ3v) is 5.73. The van der Waals surface area contributed by atoms with Gasteiger partial charge in [-0.25, -0.2) is 0 Å². The van der Waals surface area contributed by atoms with E-state index in [4.69, 9.17) is 4.74 Å². The van der Waals surface area contributed by atoms with E-state index in [1.807, 2.05) is 63.7 Å². The van der Waals surface area contributed by atoms with Crippen LogP contribution < -0.4 is 10.1 Å². The normalized spacial score (nSPS) is 12.1. The fourth-order valence-corrected chi connectivity index (χ4v) is 3.61. The fourth-order valence-electron chi connectivity index (χ4n) is 2.80. The van der Waals surface area contributed by atoms with Crippen LogP contribution in [0.25, 0.3) is 11.4 Å². The maximum Gasteiger partial charge on any atom is 0.237 e. The maximum absolute atomic E-state index is 12.6. The molecule has 0 saturated heterocycles. The van der Waals surface area contributed by atoms with Crippen molar-refractivity contribution in [3.63, 3.8) is 0 Å². The molecule has 0 saturated carbocycles. The van der Waals surface area contributed by atoms with Crippen LogP contribution in [0.2, 0.25) is 0 Å². The fraction of sp³-hybridized carbons (Fsp3) is 0.368. The topological polar surface area (TPSA) is 86.9 Å². The Morgan fingerprint density at radius 3 is 2.43 bits per heavy atom. The Balaban J connectivity index is 1.72. The third kappa shape index (κ3) is 3.89. The highest BCUT2D eigenvalue weighted by atomic mass is 32.2. The predicted molar refractivity (Wildman–Crippen MR) is 110 cm³/mol. The second kappa shape index (κ2) is 8.05. The predicted octanol–water partition coefficient (Wildman–Crippen LogP) is 2.96. The molecule has 8 nitrogen and oxygen atoms in total. The van der Waals surface area contributed by atoms with Gasteiger partial charge in [-0.15, -0.1) is 10.2 Å². The first-order chi connectivity index (χ1) is 13.3. The molecule has 0 fully saturated rings. The van der Waals surface area contributed by atoms with E-state index in [9.17, 15) is 4.79 Å². The lowest BCUT2D eigenvalue weighted by atomic mass is 10.2. The zero-order valence-electron chi connectivity index (χ0n) is 16.8. The van der Waals surface area contributed by atoms with Gasteiger partial charge >= 0.3 is 0 Å². The van der Waals surface area contributed by atoms with Gasteiger partial charge in [0.1, 0.15) is 5.75 Å². The number of amides is 1. The number of anilines is 1. The van der Waals surface area contributed by atoms with Gasteiger partial charge in [-0.1, -0.05) is 11.8 Å². The Hall–Kier alpha value is -2.81. The standard InChI is InChI=1S/C19H24N6O2S/c1-11-16(12(2)25(5)23-11)20-18(26)13(3)28-19-22-21-17(24(19)4)14-7-9-15(27-6)10-8-14/h7-10,13H,1-6H3,(H,20,26). The van der Waals surface area contributed by atoms with E-state index in [0.29, 0.717) is 5.16 Å². The number of aryl methyl sites for hydroxylation is 2. The highest BCUT2D eigenvalue weighted by Gasteiger charge is 2.21. The molecule has 0 aliphatic carbocycles. The van der Waals surface area contributed by atoms with Gasteiger partial charge in [0.25, 0.3) is 0 Å². The van der Waals surface area contributed by atoms with Gasteiger partial charge in [0.2, 0.25) is 5.91 Å². The minimum Gasteiger partial charge on any atom is -0.497 e. The van der Waals surface area contributed by atoms with Crippen LogP contribution in [0.4, 0.5) is 5.69 Å². The Bertz CT molecular complexity index is 993. The van der Waals surface area contributed by atoms with Crippen molar-refractivity contribution >= 4 is 23.4 Å². The van der Waals surface area contributed by atoms with E-state index in [1.54, 1.807) is 11.8 Å². The van der Waals surface area contributed by atoms with Gasteiger partial charge in [-0.05, 0) is 45.0 Å². The number of thioether (sulfide) groups is 1. The summed E-state index contributed by atoms with van der Waals surface area (Å²) in [6.07, 6.45) is 0. The molecule has 148 valence electrons. The molecule has 1 aromatic carbocycles. The largest absolute Gasteiger partial charge is 0.497 e. The smallest absolute Gasteiger partial charge is 0.237 e. The Labute approximate surface area is 168 Å². The van der Waals surface area contributed by atoms with E-state index in [1.165, 1.54) is 11.8 Å². The monoisotopic (exact) mass is 400 g/mol. The van der Waals surface area contributed by atoms with Crippen molar-refractivity contribution < 1.29 is 9.53 Å². The van der Waals surface area contributed by atoms with Crippen LogP contribution in [0.1, 0.15) is 18.3 Å². The summed E-state index contributed by atoms with van der Waals surface area (Å²) < 4.78 is 8.83. The number of aromatic nitrogens is 5. The number of rotatable bonds is 6. The Morgan fingerprint density at radius 1 is 1.18 bits per heavy atom. The SMILES string of the molecule is COc1ccc(-c2nnc(SC(C)C(=O)Nc3c(C)nn(C)c3C)n2C)cc1. The molecule has 1 atom stereocenters. The first-order valence-electron chi connectivity index (χ1n) is 8.83. The summed E-state index contributed by atoms with van der Waals surface area (Å²) in [6, 6.07) is 7.62. The Kier molecular flexibility index (Phi) is 5.73. The van der Waals surface area contributed by atoms with Crippen LogP contribution >= 0.6 is 11.8 Å². The minimum absolute atomic E-state index is 0.0989. The van der Waals surface area contributed by atoms with Gasteiger partial charge in [0.15, 0.2) is 11.0 Å². The summed E-state index contributed by atoms with van der Waals surface area (Å²) in [6.45, 7) is 5.66. The van der Waals surface area contributed by atoms with Crippen molar-refractivity contribution in [1.29, 1.82) is 0 Å². The molecule has 3 rings (SSSR count). The maximum atomic E-state index is 12.6. The number of ether oxygens (including phenoxy) is 1. The zero-order chi connectivity index (χ0) is 20.4. The highest BCUT2D eigenvalue weighted by Crippen LogP contribution is 2.28. The molecule has 28 heavy (non-hydrogen) atoms. The molecule has 0 spiro atoms. The van der Waals surface area contributed by atoms with Gasteiger partial charge in [0, 0.05) is 19.7 Å². The second-order valence-electron chi connectivity index (χ2n) is 6.51. The van der Waals surface area contributed by atoms with Crippen molar-refractivity contribution in [3.8, 4) is 17.1 Å². The molecule has 0 aliphatic rings. The van der Waals surface area contributed by atoms with Crippen LogP contribution in [0.3, 0.4) is 0 Å². The molecule has 0 radical (unpaired) electrons. The quantitative estimate of drug-likeness (QED) is 0.640. The van der Waals surface area contributed by atoms with E-state index in [-0.39, 0.29) is 11.2 Å². The van der Waals surface area contributed by atoms with E-state index in [2.05, 4.69) is 20.6 Å². The summed E-state index contributed by atoms with van der Waals surface area (Å²) in [5.74, 6) is 1.42. The second-order valence-corrected chi connectivity index (χ2v) is 7.82. The summed E-state index contributed by atoms with van der Waals surface area (Å²) in [5.41, 5.74) is 3.41. The highest BCUT2D eigenvalue weighted by molar-refractivity contribution is 8.00. The van der Waals surface area contributed by atoms with Crippen molar-refractivity contribution in [2.75, 3.05) is 12.4 Å². The van der Waals surface area contributed by atoms with Gasteiger partial charge in [0.05, 0.1) is 29.4 Å².